The molecule has 0 aliphatic heterocycles. The third kappa shape index (κ3) is 21.6. The van der Waals surface area contributed by atoms with Crippen LogP contribution in [0, 0.1) is 0 Å². The van der Waals surface area contributed by atoms with Crippen LogP contribution in [-0.2, 0) is 4.74 Å². The Balaban J connectivity index is 0.000000725. The Bertz CT molecular complexity index is 697. The smallest absolute Gasteiger partial charge is 0.0580 e. The summed E-state index contributed by atoms with van der Waals surface area (Å²) in [6, 6.07) is 0. The molecule has 0 bridgehead atoms. The Kier molecular flexibility index (Phi) is 17.9. The molecule has 0 saturated heterocycles. The van der Waals surface area contributed by atoms with Crippen LogP contribution < -0.4 is 0 Å². The predicted molar refractivity (Wildman–Crippen MR) is 155 cm³/mol. The average Bonchev–Trinajstić information content (AvgIpc) is 3.74. The molecule has 0 aromatic rings. The summed E-state index contributed by atoms with van der Waals surface area (Å²) in [5.41, 5.74) is 7.35. The molecule has 200 valence electrons. The summed E-state index contributed by atoms with van der Waals surface area (Å²) in [6.45, 7) is 13.6. The van der Waals surface area contributed by atoms with Crippen LogP contribution >= 0.6 is 0 Å². The van der Waals surface area contributed by atoms with Crippen LogP contribution in [0.4, 0.5) is 0 Å². The van der Waals surface area contributed by atoms with Crippen molar-refractivity contribution in [3.05, 3.63) is 58.2 Å². The first-order valence-electron chi connectivity index (χ1n) is 14.3. The normalized spacial score (nSPS) is 17.2. The SMILES string of the molecule is C1CC1OC1CC1.CC(C)=CCCC(C)=CCCC(C)=CCCC=C(C)CCC=C(C)CCCO. The zero-order chi connectivity index (χ0) is 25.9. The highest BCUT2D eigenvalue weighted by molar-refractivity contribution is 5.07. The summed E-state index contributed by atoms with van der Waals surface area (Å²) in [5.74, 6) is 0. The minimum atomic E-state index is 0.295. The molecule has 0 aromatic carbocycles. The van der Waals surface area contributed by atoms with Crippen LogP contribution in [0.25, 0.3) is 0 Å². The third-order valence-electron chi connectivity index (χ3n) is 6.47. The van der Waals surface area contributed by atoms with Gasteiger partial charge in [-0.2, -0.15) is 0 Å². The van der Waals surface area contributed by atoms with Crippen molar-refractivity contribution in [2.75, 3.05) is 6.61 Å². The van der Waals surface area contributed by atoms with Gasteiger partial charge in [0, 0.05) is 6.61 Å². The first-order chi connectivity index (χ1) is 16.8. The third-order valence-corrected chi connectivity index (χ3v) is 6.47. The van der Waals surface area contributed by atoms with Crippen LogP contribution in [0.3, 0.4) is 0 Å². The second-order valence-corrected chi connectivity index (χ2v) is 11.0. The van der Waals surface area contributed by atoms with Gasteiger partial charge in [-0.15, -0.1) is 0 Å². The van der Waals surface area contributed by atoms with Gasteiger partial charge < -0.3 is 9.84 Å². The number of allylic oxidation sites excluding steroid dienone is 10. The van der Waals surface area contributed by atoms with E-state index in [9.17, 15) is 0 Å². The number of unbranched alkanes of at least 4 members (excludes halogenated alkanes) is 1. The van der Waals surface area contributed by atoms with Crippen molar-refractivity contribution in [1.82, 2.24) is 0 Å². The van der Waals surface area contributed by atoms with E-state index < -0.39 is 0 Å². The summed E-state index contributed by atoms with van der Waals surface area (Å²) in [5, 5.41) is 8.86. The molecule has 35 heavy (non-hydrogen) atoms. The minimum Gasteiger partial charge on any atom is -0.396 e. The molecule has 2 fully saturated rings. The molecule has 0 amide bonds. The highest BCUT2D eigenvalue weighted by Gasteiger charge is 2.31. The zero-order valence-corrected chi connectivity index (χ0v) is 24.0. The van der Waals surface area contributed by atoms with E-state index >= 15 is 0 Å². The molecule has 2 saturated carbocycles. The molecule has 2 aliphatic carbocycles. The minimum absolute atomic E-state index is 0.295. The zero-order valence-electron chi connectivity index (χ0n) is 24.0. The number of rotatable bonds is 17. The first-order valence-corrected chi connectivity index (χ1v) is 14.3. The monoisotopic (exact) mass is 484 g/mol. The molecule has 2 aliphatic rings. The van der Waals surface area contributed by atoms with Crippen molar-refractivity contribution >= 4 is 0 Å². The number of hydrogen-bond donors (Lipinski definition) is 1. The lowest BCUT2D eigenvalue weighted by molar-refractivity contribution is 0.105. The van der Waals surface area contributed by atoms with E-state index in [2.05, 4.69) is 71.9 Å². The van der Waals surface area contributed by atoms with E-state index in [0.717, 1.165) is 38.5 Å². The molecule has 0 aromatic heterocycles. The van der Waals surface area contributed by atoms with E-state index in [1.807, 2.05) is 0 Å². The van der Waals surface area contributed by atoms with Crippen LogP contribution in [-0.4, -0.2) is 23.9 Å². The largest absolute Gasteiger partial charge is 0.396 e. The van der Waals surface area contributed by atoms with Gasteiger partial charge in [-0.05, 0) is 131 Å². The summed E-state index contributed by atoms with van der Waals surface area (Å²) in [7, 11) is 0. The summed E-state index contributed by atoms with van der Waals surface area (Å²) in [4.78, 5) is 0. The van der Waals surface area contributed by atoms with Crippen LogP contribution in [0.1, 0.15) is 131 Å². The van der Waals surface area contributed by atoms with E-state index in [1.54, 1.807) is 0 Å². The summed E-state index contributed by atoms with van der Waals surface area (Å²) >= 11 is 0. The van der Waals surface area contributed by atoms with Gasteiger partial charge in [-0.1, -0.05) is 58.2 Å². The average molecular weight is 485 g/mol. The molecular weight excluding hydrogens is 428 g/mol. The lowest BCUT2D eigenvalue weighted by Crippen LogP contribution is -1.93. The quantitative estimate of drug-likeness (QED) is 0.164. The van der Waals surface area contributed by atoms with Gasteiger partial charge in [-0.3, -0.25) is 0 Å². The number of aliphatic hydroxyl groups is 1. The Morgan fingerprint density at radius 2 is 0.943 bits per heavy atom. The Morgan fingerprint density at radius 1 is 0.571 bits per heavy atom. The van der Waals surface area contributed by atoms with Gasteiger partial charge in [0.05, 0.1) is 12.2 Å². The molecule has 1 N–H and O–H groups in total. The molecule has 2 heteroatoms. The van der Waals surface area contributed by atoms with Crippen LogP contribution in [0.2, 0.25) is 0 Å². The Labute approximate surface area is 218 Å². The highest BCUT2D eigenvalue weighted by atomic mass is 16.5. The first kappa shape index (κ1) is 31.6. The molecule has 0 atom stereocenters. The van der Waals surface area contributed by atoms with Crippen molar-refractivity contribution < 1.29 is 9.84 Å². The number of aliphatic hydroxyl groups excluding tert-OH is 1. The summed E-state index contributed by atoms with van der Waals surface area (Å²) in [6.07, 6.45) is 29.7. The molecule has 2 rings (SSSR count). The standard InChI is InChI=1S/C27H46O.C6H10O/c1-23(2)13-9-16-26(5)19-10-17-24(3)14-7-8-15-25(4)18-11-20-27(6)21-12-22-28;1-2-5(1)7-6-3-4-6/h13-15,19-20,28H,7-12,16-18,21-22H2,1-6H3;5-6H,1-4H2. The molecular formula is C33H56O2. The van der Waals surface area contributed by atoms with Gasteiger partial charge >= 0.3 is 0 Å². The second kappa shape index (κ2) is 19.8. The molecule has 0 radical (unpaired) electrons. The van der Waals surface area contributed by atoms with Gasteiger partial charge in [0.15, 0.2) is 0 Å². The summed E-state index contributed by atoms with van der Waals surface area (Å²) < 4.78 is 5.47. The van der Waals surface area contributed by atoms with Gasteiger partial charge in [0.2, 0.25) is 0 Å². The maximum absolute atomic E-state index is 8.86. The number of hydrogen-bond acceptors (Lipinski definition) is 2. The van der Waals surface area contributed by atoms with E-state index in [4.69, 9.17) is 9.84 Å². The molecule has 2 nitrogen and oxygen atoms in total. The van der Waals surface area contributed by atoms with E-state index in [-0.39, 0.29) is 0 Å². The van der Waals surface area contributed by atoms with Gasteiger partial charge in [0.25, 0.3) is 0 Å². The predicted octanol–water partition coefficient (Wildman–Crippen LogP) is 9.96. The van der Waals surface area contributed by atoms with E-state index in [1.165, 1.54) is 79.2 Å². The van der Waals surface area contributed by atoms with Crippen molar-refractivity contribution in [3.8, 4) is 0 Å². The van der Waals surface area contributed by atoms with Gasteiger partial charge in [-0.25, -0.2) is 0 Å². The fraction of sp³-hybridized carbons (Fsp3) is 0.697. The maximum Gasteiger partial charge on any atom is 0.0580 e. The topological polar surface area (TPSA) is 29.5 Å². The fourth-order valence-electron chi connectivity index (χ4n) is 3.79. The Hall–Kier alpha value is -1.38. The van der Waals surface area contributed by atoms with Crippen molar-refractivity contribution in [3.63, 3.8) is 0 Å². The highest BCUT2D eigenvalue weighted by Crippen LogP contribution is 2.33. The molecule has 0 unspecified atom stereocenters. The maximum atomic E-state index is 8.86. The second-order valence-electron chi connectivity index (χ2n) is 11.0. The van der Waals surface area contributed by atoms with Crippen LogP contribution in [0.5, 0.6) is 0 Å². The molecule has 0 heterocycles. The van der Waals surface area contributed by atoms with Crippen molar-refractivity contribution in [2.24, 2.45) is 0 Å². The van der Waals surface area contributed by atoms with Gasteiger partial charge in [0.1, 0.15) is 0 Å². The number of ether oxygens (including phenoxy) is 1. The van der Waals surface area contributed by atoms with Crippen molar-refractivity contribution in [2.45, 2.75) is 144 Å². The van der Waals surface area contributed by atoms with E-state index in [0.29, 0.717) is 18.8 Å². The van der Waals surface area contributed by atoms with Crippen LogP contribution in [0.15, 0.2) is 58.2 Å². The fourth-order valence-corrected chi connectivity index (χ4v) is 3.79. The van der Waals surface area contributed by atoms with Crippen molar-refractivity contribution in [1.29, 1.82) is 0 Å². The lowest BCUT2D eigenvalue weighted by Gasteiger charge is -2.02. The molecule has 0 spiro atoms. The Morgan fingerprint density at radius 3 is 1.31 bits per heavy atom. The lowest BCUT2D eigenvalue weighted by atomic mass is 10.0.